The molecule has 2 nitrogen and oxygen atoms in total. The fourth-order valence-corrected chi connectivity index (χ4v) is 3.02. The molecule has 0 aromatic rings. The van der Waals surface area contributed by atoms with Crippen molar-refractivity contribution in [1.29, 1.82) is 0 Å². The largest absolute Gasteiger partial charge is 0.459 e. The Balaban J connectivity index is 4.13. The molecule has 0 radical (unpaired) electrons. The standard InChI is InChI=1S/C16H31FO2S/c1-7-9-13(17)10-8-11-20-14(12(2)3)15(18)19-16(4,5)6/h12-14H,7-11H2,1-6H3. The first-order valence-electron chi connectivity index (χ1n) is 7.66. The van der Waals surface area contributed by atoms with Crippen LogP contribution in [0.2, 0.25) is 0 Å². The van der Waals surface area contributed by atoms with Gasteiger partial charge in [-0.25, -0.2) is 4.39 Å². The van der Waals surface area contributed by atoms with E-state index in [4.69, 9.17) is 4.74 Å². The summed E-state index contributed by atoms with van der Waals surface area (Å²) in [6.07, 6.45) is 2.25. The van der Waals surface area contributed by atoms with Crippen molar-refractivity contribution in [2.45, 2.75) is 84.2 Å². The fraction of sp³-hybridized carbons (Fsp3) is 0.938. The Hall–Kier alpha value is -0.250. The van der Waals surface area contributed by atoms with Gasteiger partial charge in [0.1, 0.15) is 17.0 Å². The molecule has 0 aliphatic carbocycles. The normalized spacial score (nSPS) is 15.2. The van der Waals surface area contributed by atoms with E-state index in [2.05, 4.69) is 0 Å². The highest BCUT2D eigenvalue weighted by molar-refractivity contribution is 8.00. The summed E-state index contributed by atoms with van der Waals surface area (Å²) >= 11 is 1.60. The predicted octanol–water partition coefficient (Wildman–Crippen LogP) is 5.00. The number of carbonyl (C=O) groups excluding carboxylic acids is 1. The molecule has 0 N–H and O–H groups in total. The van der Waals surface area contributed by atoms with Crippen molar-refractivity contribution in [2.75, 3.05) is 5.75 Å². The van der Waals surface area contributed by atoms with Crippen molar-refractivity contribution in [3.8, 4) is 0 Å². The van der Waals surface area contributed by atoms with Crippen LogP contribution in [-0.2, 0) is 9.53 Å². The van der Waals surface area contributed by atoms with Crippen molar-refractivity contribution in [2.24, 2.45) is 5.92 Å². The van der Waals surface area contributed by atoms with E-state index >= 15 is 0 Å². The van der Waals surface area contributed by atoms with Crippen molar-refractivity contribution in [3.63, 3.8) is 0 Å². The topological polar surface area (TPSA) is 26.3 Å². The van der Waals surface area contributed by atoms with Gasteiger partial charge in [-0.15, -0.1) is 11.8 Å². The summed E-state index contributed by atoms with van der Waals surface area (Å²) in [4.78, 5) is 12.1. The second kappa shape index (κ2) is 9.64. The van der Waals surface area contributed by atoms with E-state index in [1.165, 1.54) is 0 Å². The van der Waals surface area contributed by atoms with Gasteiger partial charge >= 0.3 is 5.97 Å². The molecule has 0 amide bonds. The van der Waals surface area contributed by atoms with Crippen molar-refractivity contribution in [1.82, 2.24) is 0 Å². The van der Waals surface area contributed by atoms with Crippen LogP contribution in [0, 0.1) is 5.92 Å². The Labute approximate surface area is 128 Å². The molecule has 0 saturated carbocycles. The summed E-state index contributed by atoms with van der Waals surface area (Å²) in [6, 6.07) is 0. The fourth-order valence-electron chi connectivity index (χ4n) is 1.87. The maximum atomic E-state index is 13.4. The van der Waals surface area contributed by atoms with Gasteiger partial charge in [0.2, 0.25) is 0 Å². The zero-order valence-corrected chi connectivity index (χ0v) is 14.7. The summed E-state index contributed by atoms with van der Waals surface area (Å²) in [6.45, 7) is 11.7. The quantitative estimate of drug-likeness (QED) is 0.443. The molecular formula is C16H31FO2S. The molecule has 4 heteroatoms. The molecule has 0 saturated heterocycles. The average molecular weight is 306 g/mol. The minimum atomic E-state index is -0.695. The molecule has 0 spiro atoms. The lowest BCUT2D eigenvalue weighted by atomic mass is 10.1. The molecular weight excluding hydrogens is 275 g/mol. The number of ether oxygens (including phenoxy) is 1. The summed E-state index contributed by atoms with van der Waals surface area (Å²) < 4.78 is 18.8. The molecule has 2 unspecified atom stereocenters. The number of halogens is 1. The summed E-state index contributed by atoms with van der Waals surface area (Å²) in [5, 5.41) is -0.154. The van der Waals surface area contributed by atoms with Crippen LogP contribution in [0.15, 0.2) is 0 Å². The first-order chi connectivity index (χ1) is 9.17. The monoisotopic (exact) mass is 306 g/mol. The first-order valence-corrected chi connectivity index (χ1v) is 8.70. The zero-order chi connectivity index (χ0) is 15.8. The molecule has 2 atom stereocenters. The molecule has 0 aromatic heterocycles. The van der Waals surface area contributed by atoms with Crippen LogP contribution in [0.4, 0.5) is 4.39 Å². The average Bonchev–Trinajstić information content (AvgIpc) is 2.25. The van der Waals surface area contributed by atoms with Crippen LogP contribution in [0.25, 0.3) is 0 Å². The molecule has 0 aliphatic rings. The third-order valence-electron chi connectivity index (χ3n) is 2.81. The number of hydrogen-bond donors (Lipinski definition) is 0. The van der Waals surface area contributed by atoms with Gasteiger partial charge in [0.15, 0.2) is 0 Å². The van der Waals surface area contributed by atoms with Crippen LogP contribution in [0.5, 0.6) is 0 Å². The Kier molecular flexibility index (Phi) is 9.52. The molecule has 0 fully saturated rings. The zero-order valence-electron chi connectivity index (χ0n) is 13.9. The Bertz CT molecular complexity index is 274. The molecule has 0 aliphatic heterocycles. The molecule has 0 bridgehead atoms. The molecule has 20 heavy (non-hydrogen) atoms. The predicted molar refractivity (Wildman–Crippen MR) is 86.0 cm³/mol. The van der Waals surface area contributed by atoms with Crippen LogP contribution in [0.1, 0.15) is 67.2 Å². The number of thioether (sulfide) groups is 1. The summed E-state index contributed by atoms with van der Waals surface area (Å²) in [5.74, 6) is 0.890. The lowest BCUT2D eigenvalue weighted by Crippen LogP contribution is -2.33. The number of hydrogen-bond acceptors (Lipinski definition) is 3. The molecule has 0 heterocycles. The van der Waals surface area contributed by atoms with E-state index in [9.17, 15) is 9.18 Å². The van der Waals surface area contributed by atoms with Gasteiger partial charge in [-0.2, -0.15) is 0 Å². The van der Waals surface area contributed by atoms with Crippen molar-refractivity contribution >= 4 is 17.7 Å². The van der Waals surface area contributed by atoms with Crippen LogP contribution in [-0.4, -0.2) is 28.7 Å². The number of rotatable bonds is 9. The maximum Gasteiger partial charge on any atom is 0.319 e. The smallest absolute Gasteiger partial charge is 0.319 e. The third-order valence-corrected chi connectivity index (χ3v) is 4.43. The minimum absolute atomic E-state index is 0.150. The number of esters is 1. The highest BCUT2D eigenvalue weighted by Crippen LogP contribution is 2.25. The summed E-state index contributed by atoms with van der Waals surface area (Å²) in [7, 11) is 0. The van der Waals surface area contributed by atoms with Crippen LogP contribution in [0.3, 0.4) is 0 Å². The molecule has 0 rings (SSSR count). The van der Waals surface area contributed by atoms with Crippen LogP contribution < -0.4 is 0 Å². The Morgan fingerprint density at radius 3 is 2.30 bits per heavy atom. The maximum absolute atomic E-state index is 13.4. The van der Waals surface area contributed by atoms with E-state index in [0.717, 1.165) is 18.6 Å². The molecule has 0 aromatic carbocycles. The van der Waals surface area contributed by atoms with E-state index in [-0.39, 0.29) is 17.1 Å². The molecule has 120 valence electrons. The van der Waals surface area contributed by atoms with E-state index in [0.29, 0.717) is 12.8 Å². The Morgan fingerprint density at radius 1 is 1.25 bits per heavy atom. The van der Waals surface area contributed by atoms with Gasteiger partial charge in [-0.05, 0) is 51.7 Å². The third kappa shape index (κ3) is 9.62. The highest BCUT2D eigenvalue weighted by atomic mass is 32.2. The van der Waals surface area contributed by atoms with Crippen LogP contribution >= 0.6 is 11.8 Å². The number of carbonyl (C=O) groups is 1. The lowest BCUT2D eigenvalue weighted by Gasteiger charge is -2.25. The highest BCUT2D eigenvalue weighted by Gasteiger charge is 2.27. The van der Waals surface area contributed by atoms with E-state index in [1.807, 2.05) is 41.5 Å². The van der Waals surface area contributed by atoms with Crippen molar-refractivity contribution in [3.05, 3.63) is 0 Å². The van der Waals surface area contributed by atoms with Gasteiger partial charge in [0, 0.05) is 0 Å². The lowest BCUT2D eigenvalue weighted by molar-refractivity contribution is -0.154. The SMILES string of the molecule is CCCC(F)CCCSC(C(=O)OC(C)(C)C)C(C)C. The van der Waals surface area contributed by atoms with Gasteiger partial charge in [0.05, 0.1) is 0 Å². The minimum Gasteiger partial charge on any atom is -0.459 e. The Morgan fingerprint density at radius 2 is 1.85 bits per heavy atom. The van der Waals surface area contributed by atoms with Gasteiger partial charge in [-0.1, -0.05) is 27.2 Å². The van der Waals surface area contributed by atoms with Gasteiger partial charge < -0.3 is 4.74 Å². The van der Waals surface area contributed by atoms with Gasteiger partial charge in [-0.3, -0.25) is 4.79 Å². The summed E-state index contributed by atoms with van der Waals surface area (Å²) in [5.41, 5.74) is -0.448. The van der Waals surface area contributed by atoms with Gasteiger partial charge in [0.25, 0.3) is 0 Å². The van der Waals surface area contributed by atoms with Crippen molar-refractivity contribution < 1.29 is 13.9 Å². The van der Waals surface area contributed by atoms with E-state index < -0.39 is 11.8 Å². The first kappa shape index (κ1) is 19.8. The second-order valence-electron chi connectivity index (χ2n) is 6.60. The number of alkyl halides is 1. The second-order valence-corrected chi connectivity index (χ2v) is 7.85. The van der Waals surface area contributed by atoms with E-state index in [1.54, 1.807) is 11.8 Å².